The summed E-state index contributed by atoms with van der Waals surface area (Å²) < 4.78 is 0. The van der Waals surface area contributed by atoms with Crippen LogP contribution in [0.3, 0.4) is 0 Å². The van der Waals surface area contributed by atoms with Crippen LogP contribution in [0.1, 0.15) is 32.3 Å². The highest BCUT2D eigenvalue weighted by molar-refractivity contribution is 6.10. The van der Waals surface area contributed by atoms with Crippen molar-refractivity contribution in [2.24, 2.45) is 5.92 Å². The molecule has 3 rings (SSSR count). The summed E-state index contributed by atoms with van der Waals surface area (Å²) in [5.41, 5.74) is 1.33. The lowest BCUT2D eigenvalue weighted by Crippen LogP contribution is -2.43. The Kier molecular flexibility index (Phi) is 3.27. The van der Waals surface area contributed by atoms with E-state index in [-0.39, 0.29) is 18.4 Å². The molecule has 0 unspecified atom stereocenters. The molecular formula is C17H22N2O2. The lowest BCUT2D eigenvalue weighted by atomic mass is 9.86. The number of anilines is 1. The van der Waals surface area contributed by atoms with Gasteiger partial charge in [0.15, 0.2) is 0 Å². The summed E-state index contributed by atoms with van der Waals surface area (Å²) in [4.78, 5) is 28.4. The Hall–Kier alpha value is -1.84. The minimum atomic E-state index is -0.550. The van der Waals surface area contributed by atoms with E-state index in [2.05, 4.69) is 0 Å². The fraction of sp³-hybridized carbons (Fsp3) is 0.529. The van der Waals surface area contributed by atoms with Crippen molar-refractivity contribution in [3.8, 4) is 0 Å². The van der Waals surface area contributed by atoms with Crippen LogP contribution in [0.5, 0.6) is 0 Å². The second kappa shape index (κ2) is 4.86. The first-order valence-corrected chi connectivity index (χ1v) is 7.56. The largest absolute Gasteiger partial charge is 0.344 e. The van der Waals surface area contributed by atoms with E-state index >= 15 is 0 Å². The average Bonchev–Trinajstić information content (AvgIpc) is 3.24. The standard InChI is InChI=1S/C17H22N2O2/c1-17(2)13-6-4-5-7-14(13)19(16(17)21)11-15(20)18(3)10-12-8-9-12/h4-7,12H,8-11H2,1-3H3. The van der Waals surface area contributed by atoms with Crippen LogP contribution in [0.4, 0.5) is 5.69 Å². The van der Waals surface area contributed by atoms with E-state index in [0.717, 1.165) is 17.8 Å². The second-order valence-corrected chi connectivity index (χ2v) is 6.75. The Balaban J connectivity index is 1.79. The molecule has 0 bridgehead atoms. The van der Waals surface area contributed by atoms with Gasteiger partial charge in [-0.15, -0.1) is 0 Å². The highest BCUT2D eigenvalue weighted by atomic mass is 16.2. The molecule has 1 aliphatic heterocycles. The van der Waals surface area contributed by atoms with Crippen LogP contribution in [0, 0.1) is 5.92 Å². The van der Waals surface area contributed by atoms with Crippen molar-refractivity contribution in [1.29, 1.82) is 0 Å². The van der Waals surface area contributed by atoms with Crippen LogP contribution in [-0.4, -0.2) is 36.9 Å². The summed E-state index contributed by atoms with van der Waals surface area (Å²) in [6, 6.07) is 7.76. The molecule has 0 radical (unpaired) electrons. The van der Waals surface area contributed by atoms with Gasteiger partial charge in [-0.05, 0) is 44.2 Å². The van der Waals surface area contributed by atoms with E-state index in [1.54, 1.807) is 9.80 Å². The van der Waals surface area contributed by atoms with Crippen molar-refractivity contribution in [2.45, 2.75) is 32.1 Å². The van der Waals surface area contributed by atoms with Gasteiger partial charge in [-0.3, -0.25) is 9.59 Å². The molecule has 1 aliphatic carbocycles. The highest BCUT2D eigenvalue weighted by Crippen LogP contribution is 2.41. The summed E-state index contributed by atoms with van der Waals surface area (Å²) in [5, 5.41) is 0. The minimum Gasteiger partial charge on any atom is -0.344 e. The molecule has 0 N–H and O–H groups in total. The highest BCUT2D eigenvalue weighted by Gasteiger charge is 2.44. The van der Waals surface area contributed by atoms with Crippen molar-refractivity contribution in [2.75, 3.05) is 25.0 Å². The number of benzene rings is 1. The number of fused-ring (bicyclic) bond motifs is 1. The number of carbonyl (C=O) groups is 2. The van der Waals surface area contributed by atoms with E-state index in [1.165, 1.54) is 12.8 Å². The number of para-hydroxylation sites is 1. The lowest BCUT2D eigenvalue weighted by Gasteiger charge is -2.23. The van der Waals surface area contributed by atoms with Gasteiger partial charge in [0.2, 0.25) is 11.8 Å². The second-order valence-electron chi connectivity index (χ2n) is 6.75. The summed E-state index contributed by atoms with van der Waals surface area (Å²) >= 11 is 0. The fourth-order valence-electron chi connectivity index (χ4n) is 3.00. The molecular weight excluding hydrogens is 264 g/mol. The third kappa shape index (κ3) is 2.43. The molecule has 4 heteroatoms. The third-order valence-corrected chi connectivity index (χ3v) is 4.60. The van der Waals surface area contributed by atoms with Gasteiger partial charge in [-0.25, -0.2) is 0 Å². The van der Waals surface area contributed by atoms with Crippen LogP contribution in [0.2, 0.25) is 0 Å². The van der Waals surface area contributed by atoms with E-state index in [0.29, 0.717) is 5.92 Å². The topological polar surface area (TPSA) is 40.6 Å². The quantitative estimate of drug-likeness (QED) is 0.851. The van der Waals surface area contributed by atoms with Crippen LogP contribution >= 0.6 is 0 Å². The number of hydrogen-bond acceptors (Lipinski definition) is 2. The van der Waals surface area contributed by atoms with Crippen molar-refractivity contribution < 1.29 is 9.59 Å². The third-order valence-electron chi connectivity index (χ3n) is 4.60. The summed E-state index contributed by atoms with van der Waals surface area (Å²) in [7, 11) is 1.83. The maximum absolute atomic E-state index is 12.6. The number of hydrogen-bond donors (Lipinski definition) is 0. The molecule has 2 amide bonds. The first kappa shape index (κ1) is 14.1. The molecule has 21 heavy (non-hydrogen) atoms. The van der Waals surface area contributed by atoms with E-state index in [4.69, 9.17) is 0 Å². The SMILES string of the molecule is CN(CC1CC1)C(=O)CN1C(=O)C(C)(C)c2ccccc21. The summed E-state index contributed by atoms with van der Waals surface area (Å²) in [5.74, 6) is 0.691. The lowest BCUT2D eigenvalue weighted by molar-refractivity contribution is -0.131. The van der Waals surface area contributed by atoms with E-state index in [1.807, 2.05) is 45.2 Å². The zero-order valence-electron chi connectivity index (χ0n) is 12.9. The number of amides is 2. The molecule has 1 heterocycles. The minimum absolute atomic E-state index is 0.0110. The van der Waals surface area contributed by atoms with Crippen molar-refractivity contribution in [3.05, 3.63) is 29.8 Å². The monoisotopic (exact) mass is 286 g/mol. The predicted octanol–water partition coefficient (Wildman–Crippen LogP) is 2.18. The fourth-order valence-corrected chi connectivity index (χ4v) is 3.00. The Labute approximate surface area is 125 Å². The van der Waals surface area contributed by atoms with Gasteiger partial charge in [0, 0.05) is 19.3 Å². The van der Waals surface area contributed by atoms with Gasteiger partial charge in [0.1, 0.15) is 6.54 Å². The van der Waals surface area contributed by atoms with Gasteiger partial charge < -0.3 is 9.80 Å². The Morgan fingerprint density at radius 3 is 2.67 bits per heavy atom. The Morgan fingerprint density at radius 1 is 1.33 bits per heavy atom. The van der Waals surface area contributed by atoms with Gasteiger partial charge in [0.25, 0.3) is 0 Å². The van der Waals surface area contributed by atoms with Gasteiger partial charge in [0.05, 0.1) is 5.41 Å². The number of carbonyl (C=O) groups excluding carboxylic acids is 2. The van der Waals surface area contributed by atoms with Crippen LogP contribution in [0.15, 0.2) is 24.3 Å². The van der Waals surface area contributed by atoms with Gasteiger partial charge in [-0.2, -0.15) is 0 Å². The molecule has 0 atom stereocenters. The number of nitrogens with zero attached hydrogens (tertiary/aromatic N) is 2. The van der Waals surface area contributed by atoms with E-state index < -0.39 is 5.41 Å². The molecule has 1 aromatic carbocycles. The molecule has 0 saturated heterocycles. The molecule has 112 valence electrons. The number of rotatable bonds is 4. The van der Waals surface area contributed by atoms with Gasteiger partial charge >= 0.3 is 0 Å². The van der Waals surface area contributed by atoms with E-state index in [9.17, 15) is 9.59 Å². The summed E-state index contributed by atoms with van der Waals surface area (Å²) in [6.45, 7) is 4.80. The molecule has 1 aromatic rings. The molecule has 1 fully saturated rings. The van der Waals surface area contributed by atoms with Crippen LogP contribution in [-0.2, 0) is 15.0 Å². The molecule has 0 spiro atoms. The smallest absolute Gasteiger partial charge is 0.242 e. The summed E-state index contributed by atoms with van der Waals surface area (Å²) in [6.07, 6.45) is 2.44. The Morgan fingerprint density at radius 2 is 2.00 bits per heavy atom. The molecule has 1 saturated carbocycles. The molecule has 4 nitrogen and oxygen atoms in total. The van der Waals surface area contributed by atoms with Gasteiger partial charge in [-0.1, -0.05) is 18.2 Å². The predicted molar refractivity (Wildman–Crippen MR) is 82.2 cm³/mol. The Bertz CT molecular complexity index is 590. The zero-order chi connectivity index (χ0) is 15.2. The maximum atomic E-state index is 12.6. The van der Waals surface area contributed by atoms with Crippen molar-refractivity contribution in [1.82, 2.24) is 4.90 Å². The van der Waals surface area contributed by atoms with Crippen LogP contribution in [0.25, 0.3) is 0 Å². The number of likely N-dealkylation sites (N-methyl/N-ethyl adjacent to an activating group) is 1. The van der Waals surface area contributed by atoms with Crippen molar-refractivity contribution >= 4 is 17.5 Å². The zero-order valence-corrected chi connectivity index (χ0v) is 12.9. The molecule has 2 aliphatic rings. The maximum Gasteiger partial charge on any atom is 0.242 e. The first-order valence-electron chi connectivity index (χ1n) is 7.56. The average molecular weight is 286 g/mol. The normalized spacial score (nSPS) is 19.6. The van der Waals surface area contributed by atoms with Crippen LogP contribution < -0.4 is 4.90 Å². The van der Waals surface area contributed by atoms with Crippen molar-refractivity contribution in [3.63, 3.8) is 0 Å². The molecule has 0 aromatic heterocycles. The first-order chi connectivity index (χ1) is 9.91.